The van der Waals surface area contributed by atoms with Crippen molar-refractivity contribution in [3.05, 3.63) is 53.8 Å². The van der Waals surface area contributed by atoms with Gasteiger partial charge in [-0.15, -0.1) is 0 Å². The molecular weight excluding hydrogens is 337 g/mol. The van der Waals surface area contributed by atoms with E-state index in [1.54, 1.807) is 51.1 Å². The second-order valence-corrected chi connectivity index (χ2v) is 6.85. The lowest BCUT2D eigenvalue weighted by Crippen LogP contribution is -2.37. The summed E-state index contributed by atoms with van der Waals surface area (Å²) in [5.41, 5.74) is 12.4. The van der Waals surface area contributed by atoms with Crippen LogP contribution in [0.25, 0.3) is 0 Å². The van der Waals surface area contributed by atoms with Crippen LogP contribution in [-0.4, -0.2) is 18.3 Å². The molecule has 0 unspecified atom stereocenters. The predicted molar refractivity (Wildman–Crippen MR) is 99.3 cm³/mol. The summed E-state index contributed by atoms with van der Waals surface area (Å²) in [6.45, 7) is 5.42. The van der Waals surface area contributed by atoms with E-state index in [9.17, 15) is 9.18 Å². The smallest absolute Gasteiger partial charge is 0.408 e. The number of nitrogens with two attached hydrogens (primary N) is 2. The van der Waals surface area contributed by atoms with Gasteiger partial charge in [0.2, 0.25) is 0 Å². The Labute approximate surface area is 152 Å². The molecule has 0 radical (unpaired) electrons. The number of alkyl carbamates (subject to hydrolysis) is 1. The molecule has 1 amide bonds. The fourth-order valence-electron chi connectivity index (χ4n) is 2.19. The molecule has 0 aliphatic rings. The molecule has 0 fully saturated rings. The van der Waals surface area contributed by atoms with Crippen molar-refractivity contribution in [3.8, 4) is 5.75 Å². The molecular formula is C19H24FN3O3. The van der Waals surface area contributed by atoms with Gasteiger partial charge in [0.15, 0.2) is 0 Å². The zero-order valence-corrected chi connectivity index (χ0v) is 15.1. The highest BCUT2D eigenvalue weighted by Crippen LogP contribution is 2.23. The Kier molecular flexibility index (Phi) is 5.92. The molecule has 26 heavy (non-hydrogen) atoms. The van der Waals surface area contributed by atoms with Crippen LogP contribution in [0.5, 0.6) is 5.75 Å². The number of nitrogens with one attached hydrogen (secondary N) is 1. The number of carbonyl (C=O) groups is 1. The molecule has 2 aromatic rings. The van der Waals surface area contributed by atoms with Gasteiger partial charge in [-0.3, -0.25) is 0 Å². The summed E-state index contributed by atoms with van der Waals surface area (Å²) in [5.74, 6) is 0.145. The molecule has 5 N–H and O–H groups in total. The van der Waals surface area contributed by atoms with E-state index in [0.717, 1.165) is 0 Å². The second-order valence-electron chi connectivity index (χ2n) is 6.85. The van der Waals surface area contributed by atoms with E-state index < -0.39 is 17.7 Å². The number of hydrogen-bond acceptors (Lipinski definition) is 5. The fraction of sp³-hybridized carbons (Fsp3) is 0.316. The Balaban J connectivity index is 2.13. The van der Waals surface area contributed by atoms with Gasteiger partial charge in [0.05, 0.1) is 17.4 Å². The first kappa shape index (κ1) is 19.4. The Bertz CT molecular complexity index is 758. The summed E-state index contributed by atoms with van der Waals surface area (Å²) < 4.78 is 24.2. The van der Waals surface area contributed by atoms with Crippen LogP contribution in [0.1, 0.15) is 32.4 Å². The Morgan fingerprint density at radius 2 is 1.77 bits per heavy atom. The largest absolute Gasteiger partial charge is 0.491 e. The van der Waals surface area contributed by atoms with Crippen LogP contribution in [0.4, 0.5) is 20.6 Å². The Morgan fingerprint density at radius 1 is 1.12 bits per heavy atom. The number of carbonyl (C=O) groups excluding carboxylic acids is 1. The van der Waals surface area contributed by atoms with Gasteiger partial charge >= 0.3 is 6.09 Å². The maximum atomic E-state index is 13.2. The molecule has 0 saturated carbocycles. The third kappa shape index (κ3) is 5.84. The van der Waals surface area contributed by atoms with Gasteiger partial charge in [0.1, 0.15) is 23.8 Å². The van der Waals surface area contributed by atoms with Crippen LogP contribution in [0, 0.1) is 5.82 Å². The van der Waals surface area contributed by atoms with Crippen LogP contribution in [0.3, 0.4) is 0 Å². The molecule has 0 aliphatic carbocycles. The van der Waals surface area contributed by atoms with E-state index in [1.165, 1.54) is 12.1 Å². The zero-order valence-electron chi connectivity index (χ0n) is 15.1. The number of amides is 1. The number of anilines is 2. The summed E-state index contributed by atoms with van der Waals surface area (Å²) in [6, 6.07) is 10.2. The average Bonchev–Trinajstić information content (AvgIpc) is 2.53. The molecule has 2 rings (SSSR count). The Hall–Kier alpha value is -2.96. The van der Waals surface area contributed by atoms with Gasteiger partial charge in [0, 0.05) is 6.07 Å². The molecule has 7 heteroatoms. The molecule has 2 aromatic carbocycles. The minimum absolute atomic E-state index is 0.105. The van der Waals surface area contributed by atoms with Crippen molar-refractivity contribution in [1.29, 1.82) is 0 Å². The highest BCUT2D eigenvalue weighted by Gasteiger charge is 2.21. The molecule has 0 heterocycles. The summed E-state index contributed by atoms with van der Waals surface area (Å²) in [6.07, 6.45) is -0.591. The quantitative estimate of drug-likeness (QED) is 0.706. The summed E-state index contributed by atoms with van der Waals surface area (Å²) >= 11 is 0. The predicted octanol–water partition coefficient (Wildman–Crippen LogP) is 3.63. The highest BCUT2D eigenvalue weighted by molar-refractivity contribution is 5.68. The number of ether oxygens (including phenoxy) is 2. The lowest BCUT2D eigenvalue weighted by atomic mass is 10.1. The van der Waals surface area contributed by atoms with Crippen molar-refractivity contribution >= 4 is 17.5 Å². The summed E-state index contributed by atoms with van der Waals surface area (Å²) in [4.78, 5) is 12.1. The molecule has 0 aromatic heterocycles. The van der Waals surface area contributed by atoms with E-state index in [-0.39, 0.29) is 12.4 Å². The first-order chi connectivity index (χ1) is 12.1. The monoisotopic (exact) mass is 361 g/mol. The first-order valence-electron chi connectivity index (χ1n) is 8.17. The minimum Gasteiger partial charge on any atom is -0.491 e. The number of nitrogen functional groups attached to an aromatic ring is 2. The van der Waals surface area contributed by atoms with Crippen molar-refractivity contribution < 1.29 is 18.7 Å². The minimum atomic E-state index is -0.635. The maximum absolute atomic E-state index is 13.2. The van der Waals surface area contributed by atoms with E-state index in [1.807, 2.05) is 0 Å². The van der Waals surface area contributed by atoms with E-state index in [0.29, 0.717) is 22.7 Å². The van der Waals surface area contributed by atoms with Crippen molar-refractivity contribution in [3.63, 3.8) is 0 Å². The van der Waals surface area contributed by atoms with Crippen LogP contribution in [-0.2, 0) is 4.74 Å². The third-order valence-corrected chi connectivity index (χ3v) is 3.44. The van der Waals surface area contributed by atoms with Crippen molar-refractivity contribution in [1.82, 2.24) is 5.32 Å². The standard InChI is InChI=1S/C19H24FN3O3/c1-19(2,3)26-18(24)23-17(12-4-6-13(20)7-5-12)11-25-14-8-9-15(21)16(22)10-14/h4-10,17H,11,21-22H2,1-3H3,(H,23,24)/t17-/m0/s1. The summed E-state index contributed by atoms with van der Waals surface area (Å²) in [7, 11) is 0. The van der Waals surface area contributed by atoms with Gasteiger partial charge < -0.3 is 26.3 Å². The molecule has 140 valence electrons. The van der Waals surface area contributed by atoms with E-state index >= 15 is 0 Å². The fourth-order valence-corrected chi connectivity index (χ4v) is 2.19. The number of benzene rings is 2. The van der Waals surface area contributed by atoms with Crippen LogP contribution in [0.15, 0.2) is 42.5 Å². The van der Waals surface area contributed by atoms with Gasteiger partial charge in [0.25, 0.3) is 0 Å². The van der Waals surface area contributed by atoms with Crippen molar-refractivity contribution in [2.75, 3.05) is 18.1 Å². The van der Waals surface area contributed by atoms with E-state index in [4.69, 9.17) is 20.9 Å². The molecule has 0 bridgehead atoms. The van der Waals surface area contributed by atoms with Crippen molar-refractivity contribution in [2.45, 2.75) is 32.4 Å². The molecule has 1 atom stereocenters. The van der Waals surface area contributed by atoms with Gasteiger partial charge in [-0.25, -0.2) is 9.18 Å². The molecule has 0 spiro atoms. The van der Waals surface area contributed by atoms with Gasteiger partial charge in [-0.1, -0.05) is 12.1 Å². The van der Waals surface area contributed by atoms with Crippen LogP contribution < -0.4 is 21.5 Å². The molecule has 0 aliphatic heterocycles. The summed E-state index contributed by atoms with van der Waals surface area (Å²) in [5, 5.41) is 2.74. The number of rotatable bonds is 5. The molecule has 0 saturated heterocycles. The first-order valence-corrected chi connectivity index (χ1v) is 8.17. The normalized spacial score (nSPS) is 12.3. The average molecular weight is 361 g/mol. The van der Waals surface area contributed by atoms with Crippen molar-refractivity contribution in [2.24, 2.45) is 0 Å². The third-order valence-electron chi connectivity index (χ3n) is 3.44. The highest BCUT2D eigenvalue weighted by atomic mass is 19.1. The zero-order chi connectivity index (χ0) is 19.3. The van der Waals surface area contributed by atoms with Crippen LogP contribution >= 0.6 is 0 Å². The Morgan fingerprint density at radius 3 is 2.35 bits per heavy atom. The lowest BCUT2D eigenvalue weighted by molar-refractivity contribution is 0.0487. The van der Waals surface area contributed by atoms with Gasteiger partial charge in [-0.05, 0) is 50.6 Å². The number of hydrogen-bond donors (Lipinski definition) is 3. The molecule has 6 nitrogen and oxygen atoms in total. The van der Waals surface area contributed by atoms with E-state index in [2.05, 4.69) is 5.32 Å². The van der Waals surface area contributed by atoms with Gasteiger partial charge in [-0.2, -0.15) is 0 Å². The topological polar surface area (TPSA) is 99.6 Å². The number of halogens is 1. The maximum Gasteiger partial charge on any atom is 0.408 e. The SMILES string of the molecule is CC(C)(C)OC(=O)N[C@@H](COc1ccc(N)c(N)c1)c1ccc(F)cc1. The lowest BCUT2D eigenvalue weighted by Gasteiger charge is -2.24. The second kappa shape index (κ2) is 7.95. The van der Waals surface area contributed by atoms with Crippen LogP contribution in [0.2, 0.25) is 0 Å².